The molecule has 0 spiro atoms. The molecule has 1 atom stereocenters. The summed E-state index contributed by atoms with van der Waals surface area (Å²) in [5, 5.41) is 4.13. The summed E-state index contributed by atoms with van der Waals surface area (Å²) in [6.07, 6.45) is 5.31. The van der Waals surface area contributed by atoms with Crippen molar-refractivity contribution in [2.75, 3.05) is 7.11 Å². The number of hydrogen-bond donors (Lipinski definition) is 0. The highest BCUT2D eigenvalue weighted by molar-refractivity contribution is 7.07. The van der Waals surface area contributed by atoms with Crippen LogP contribution < -0.4 is 14.9 Å². The predicted octanol–water partition coefficient (Wildman–Crippen LogP) is 1.14. The Hall–Kier alpha value is -3.26. The first-order chi connectivity index (χ1) is 13.5. The van der Waals surface area contributed by atoms with Crippen LogP contribution in [0.25, 0.3) is 6.08 Å². The Morgan fingerprint density at radius 3 is 2.68 bits per heavy atom. The second-order valence-electron chi connectivity index (χ2n) is 6.43. The van der Waals surface area contributed by atoms with E-state index in [0.717, 1.165) is 11.1 Å². The summed E-state index contributed by atoms with van der Waals surface area (Å²) in [6.45, 7) is 1.76. The molecule has 3 heterocycles. The maximum absolute atomic E-state index is 13.3. The Kier molecular flexibility index (Phi) is 4.56. The molecule has 0 fully saturated rings. The van der Waals surface area contributed by atoms with Crippen LogP contribution >= 0.6 is 11.3 Å². The van der Waals surface area contributed by atoms with Crippen LogP contribution in [0.4, 0.5) is 0 Å². The monoisotopic (exact) mass is 394 g/mol. The van der Waals surface area contributed by atoms with Crippen LogP contribution in [-0.4, -0.2) is 27.4 Å². The first-order valence-corrected chi connectivity index (χ1v) is 9.45. The average molecular weight is 394 g/mol. The first-order valence-electron chi connectivity index (χ1n) is 8.64. The van der Waals surface area contributed by atoms with Gasteiger partial charge in [0.05, 0.1) is 35.2 Å². The van der Waals surface area contributed by atoms with Gasteiger partial charge in [0, 0.05) is 18.8 Å². The summed E-state index contributed by atoms with van der Waals surface area (Å²) in [7, 11) is 3.15. The minimum absolute atomic E-state index is 0.199. The molecule has 4 rings (SSSR count). The van der Waals surface area contributed by atoms with Crippen molar-refractivity contribution in [1.29, 1.82) is 0 Å². The fourth-order valence-corrected chi connectivity index (χ4v) is 4.36. The predicted molar refractivity (Wildman–Crippen MR) is 105 cm³/mol. The van der Waals surface area contributed by atoms with Gasteiger partial charge in [-0.3, -0.25) is 14.0 Å². The average Bonchev–Trinajstić information content (AvgIpc) is 3.24. The molecule has 1 aromatic carbocycles. The van der Waals surface area contributed by atoms with Gasteiger partial charge in [0.2, 0.25) is 0 Å². The van der Waals surface area contributed by atoms with Crippen LogP contribution in [0.2, 0.25) is 0 Å². The van der Waals surface area contributed by atoms with Gasteiger partial charge in [-0.1, -0.05) is 41.7 Å². The number of aromatic nitrogens is 3. The summed E-state index contributed by atoms with van der Waals surface area (Å²) >= 11 is 1.29. The van der Waals surface area contributed by atoms with Crippen molar-refractivity contribution in [2.45, 2.75) is 13.0 Å². The minimum Gasteiger partial charge on any atom is -0.466 e. The Morgan fingerprint density at radius 1 is 1.29 bits per heavy atom. The number of thiazole rings is 1. The van der Waals surface area contributed by atoms with Crippen LogP contribution in [0.1, 0.15) is 24.1 Å². The lowest BCUT2D eigenvalue weighted by Gasteiger charge is -2.24. The highest BCUT2D eigenvalue weighted by Gasteiger charge is 2.32. The number of esters is 1. The number of nitrogens with zero attached hydrogens (tertiary/aromatic N) is 4. The number of aryl methyl sites for hydroxylation is 1. The molecule has 0 N–H and O–H groups in total. The van der Waals surface area contributed by atoms with Gasteiger partial charge in [-0.15, -0.1) is 0 Å². The maximum Gasteiger partial charge on any atom is 0.338 e. The third-order valence-corrected chi connectivity index (χ3v) is 5.55. The van der Waals surface area contributed by atoms with E-state index < -0.39 is 12.0 Å². The number of fused-ring (bicyclic) bond motifs is 1. The highest BCUT2D eigenvalue weighted by atomic mass is 32.1. The number of carbonyl (C=O) groups is 1. The molecule has 2 aromatic heterocycles. The first kappa shape index (κ1) is 18.1. The number of rotatable bonds is 3. The van der Waals surface area contributed by atoms with Gasteiger partial charge in [-0.05, 0) is 18.6 Å². The van der Waals surface area contributed by atoms with E-state index in [-0.39, 0.29) is 5.56 Å². The van der Waals surface area contributed by atoms with Crippen molar-refractivity contribution in [1.82, 2.24) is 14.3 Å². The molecule has 1 aliphatic heterocycles. The molecule has 3 aromatic rings. The molecule has 0 saturated carbocycles. The summed E-state index contributed by atoms with van der Waals surface area (Å²) in [6, 6.07) is 8.86. The summed E-state index contributed by atoms with van der Waals surface area (Å²) in [4.78, 5) is 30.8. The van der Waals surface area contributed by atoms with E-state index in [2.05, 4.69) is 10.1 Å². The second-order valence-corrected chi connectivity index (χ2v) is 7.44. The van der Waals surface area contributed by atoms with Gasteiger partial charge in [0.25, 0.3) is 5.56 Å². The van der Waals surface area contributed by atoms with E-state index in [4.69, 9.17) is 4.74 Å². The lowest BCUT2D eigenvalue weighted by molar-refractivity contribution is -0.136. The largest absolute Gasteiger partial charge is 0.466 e. The van der Waals surface area contributed by atoms with Crippen molar-refractivity contribution in [3.63, 3.8) is 0 Å². The molecule has 1 aliphatic rings. The van der Waals surface area contributed by atoms with Crippen molar-refractivity contribution in [3.8, 4) is 0 Å². The van der Waals surface area contributed by atoms with Gasteiger partial charge < -0.3 is 4.74 Å². The van der Waals surface area contributed by atoms with Crippen LogP contribution in [0.5, 0.6) is 0 Å². The van der Waals surface area contributed by atoms with E-state index in [1.165, 1.54) is 18.4 Å². The van der Waals surface area contributed by atoms with E-state index in [0.29, 0.717) is 20.6 Å². The van der Waals surface area contributed by atoms with E-state index in [1.807, 2.05) is 43.6 Å². The van der Waals surface area contributed by atoms with Crippen LogP contribution in [-0.2, 0) is 16.6 Å². The number of carbonyl (C=O) groups excluding carboxylic acids is 1. The Balaban J connectivity index is 1.99. The smallest absolute Gasteiger partial charge is 0.338 e. The van der Waals surface area contributed by atoms with Crippen molar-refractivity contribution >= 4 is 23.4 Å². The molecule has 8 heteroatoms. The molecule has 0 amide bonds. The van der Waals surface area contributed by atoms with Gasteiger partial charge >= 0.3 is 5.97 Å². The Morgan fingerprint density at radius 2 is 2.04 bits per heavy atom. The molecule has 0 aliphatic carbocycles. The van der Waals surface area contributed by atoms with Gasteiger partial charge in [-0.25, -0.2) is 9.79 Å². The lowest BCUT2D eigenvalue weighted by Crippen LogP contribution is -2.39. The molecule has 28 heavy (non-hydrogen) atoms. The second kappa shape index (κ2) is 7.05. The molecule has 0 saturated heterocycles. The molecule has 0 unspecified atom stereocenters. The van der Waals surface area contributed by atoms with Crippen LogP contribution in [0, 0.1) is 0 Å². The third-order valence-electron chi connectivity index (χ3n) is 4.56. The zero-order chi connectivity index (χ0) is 19.8. The van der Waals surface area contributed by atoms with Crippen LogP contribution in [0.15, 0.2) is 63.8 Å². The fraction of sp³-hybridized carbons (Fsp3) is 0.200. The molecule has 7 nitrogen and oxygen atoms in total. The number of ether oxygens (including phenoxy) is 1. The molecular formula is C20H18N4O3S. The minimum atomic E-state index is -0.582. The summed E-state index contributed by atoms with van der Waals surface area (Å²) in [5.74, 6) is -0.489. The normalized spacial score (nSPS) is 16.7. The van der Waals surface area contributed by atoms with E-state index >= 15 is 0 Å². The lowest BCUT2D eigenvalue weighted by atomic mass is 9.96. The topological polar surface area (TPSA) is 78.5 Å². The number of methoxy groups -OCH3 is 1. The number of benzene rings is 1. The molecule has 142 valence electrons. The SMILES string of the molecule is COC(=O)C1=C(C)N=c2s/c(=C/c3cnn(C)c3)c(=O)n2[C@@H]1c1ccccc1. The number of hydrogen-bond acceptors (Lipinski definition) is 6. The molecular weight excluding hydrogens is 376 g/mol. The maximum atomic E-state index is 13.3. The van der Waals surface area contributed by atoms with Gasteiger partial charge in [0.15, 0.2) is 4.80 Å². The summed E-state index contributed by atoms with van der Waals surface area (Å²) < 4.78 is 8.76. The molecule has 0 radical (unpaired) electrons. The summed E-state index contributed by atoms with van der Waals surface area (Å²) in [5.41, 5.74) is 2.37. The molecule has 0 bridgehead atoms. The fourth-order valence-electron chi connectivity index (χ4n) is 3.31. The van der Waals surface area contributed by atoms with Gasteiger partial charge in [-0.2, -0.15) is 5.10 Å². The van der Waals surface area contributed by atoms with E-state index in [1.54, 1.807) is 28.4 Å². The highest BCUT2D eigenvalue weighted by Crippen LogP contribution is 2.30. The zero-order valence-corrected chi connectivity index (χ0v) is 16.4. The standard InChI is InChI=1S/C20H18N4O3S/c1-12-16(19(26)27-3)17(14-7-5-4-6-8-14)24-18(25)15(28-20(24)22-12)9-13-10-21-23(2)11-13/h4-11,17H,1-3H3/b15-9+/t17-/m1/s1. The zero-order valence-electron chi connectivity index (χ0n) is 15.6. The number of allylic oxidation sites excluding steroid dienone is 1. The van der Waals surface area contributed by atoms with Crippen molar-refractivity contribution in [3.05, 3.63) is 84.8 Å². The van der Waals surface area contributed by atoms with E-state index in [9.17, 15) is 9.59 Å². The Bertz CT molecular complexity index is 1260. The van der Waals surface area contributed by atoms with Crippen molar-refractivity contribution < 1.29 is 9.53 Å². The Labute approximate surface area is 164 Å². The van der Waals surface area contributed by atoms with Gasteiger partial charge in [0.1, 0.15) is 0 Å². The third kappa shape index (κ3) is 3.01. The van der Waals surface area contributed by atoms with Crippen LogP contribution in [0.3, 0.4) is 0 Å². The quantitative estimate of drug-likeness (QED) is 0.624. The van der Waals surface area contributed by atoms with Crippen molar-refractivity contribution in [2.24, 2.45) is 12.0 Å².